The number of anilines is 5. The van der Waals surface area contributed by atoms with Gasteiger partial charge >= 0.3 is 6.09 Å². The van der Waals surface area contributed by atoms with Gasteiger partial charge in [-0.2, -0.15) is 4.98 Å². The predicted molar refractivity (Wildman–Crippen MR) is 129 cm³/mol. The molecule has 0 saturated carbocycles. The molecule has 3 aromatic rings. The van der Waals surface area contributed by atoms with Gasteiger partial charge in [0.2, 0.25) is 5.95 Å². The molecule has 0 saturated heterocycles. The highest BCUT2D eigenvalue weighted by Crippen LogP contribution is 2.30. The molecular weight excluding hydrogens is 404 g/mol. The Balaban J connectivity index is 1.84. The van der Waals surface area contributed by atoms with Gasteiger partial charge in [0, 0.05) is 11.2 Å². The summed E-state index contributed by atoms with van der Waals surface area (Å²) in [6.07, 6.45) is 0.836. The van der Waals surface area contributed by atoms with E-state index in [9.17, 15) is 4.79 Å². The van der Waals surface area contributed by atoms with Crippen LogP contribution in [0, 0.1) is 0 Å². The summed E-state index contributed by atoms with van der Waals surface area (Å²) in [7, 11) is 0. The normalized spacial score (nSPS) is 11.2. The van der Waals surface area contributed by atoms with Crippen LogP contribution >= 0.6 is 0 Å². The van der Waals surface area contributed by atoms with Crippen LogP contribution in [0.4, 0.5) is 33.6 Å². The Hall–Kier alpha value is -3.81. The van der Waals surface area contributed by atoms with E-state index in [1.165, 1.54) is 16.7 Å². The first-order chi connectivity index (χ1) is 15.1. The SMILES string of the molecule is CC(C)c1ccc(Nc2ncc(N)c(N(C(=O)ONc3ccccc3)C(C)(C)C)n2)cc1. The molecule has 4 N–H and O–H groups in total. The molecule has 8 heteroatoms. The van der Waals surface area contributed by atoms with Gasteiger partial charge in [-0.25, -0.2) is 15.3 Å². The fourth-order valence-electron chi connectivity index (χ4n) is 3.03. The van der Waals surface area contributed by atoms with E-state index in [1.54, 1.807) is 12.1 Å². The van der Waals surface area contributed by atoms with E-state index in [1.807, 2.05) is 51.1 Å². The van der Waals surface area contributed by atoms with Crippen molar-refractivity contribution in [3.05, 3.63) is 66.4 Å². The summed E-state index contributed by atoms with van der Waals surface area (Å²) in [4.78, 5) is 28.5. The van der Waals surface area contributed by atoms with Crippen LogP contribution in [-0.2, 0) is 4.84 Å². The van der Waals surface area contributed by atoms with Gasteiger partial charge in [-0.15, -0.1) is 0 Å². The van der Waals surface area contributed by atoms with E-state index in [2.05, 4.69) is 46.7 Å². The van der Waals surface area contributed by atoms with Crippen molar-refractivity contribution in [3.63, 3.8) is 0 Å². The maximum atomic E-state index is 13.0. The Morgan fingerprint density at radius 2 is 1.69 bits per heavy atom. The molecule has 0 atom stereocenters. The van der Waals surface area contributed by atoms with E-state index >= 15 is 0 Å². The van der Waals surface area contributed by atoms with Crippen molar-refractivity contribution in [3.8, 4) is 0 Å². The second-order valence-electron chi connectivity index (χ2n) is 8.72. The van der Waals surface area contributed by atoms with Crippen molar-refractivity contribution in [1.82, 2.24) is 9.97 Å². The number of carbonyl (C=O) groups is 1. The van der Waals surface area contributed by atoms with Gasteiger partial charge in [-0.1, -0.05) is 44.2 Å². The number of carbonyl (C=O) groups excluding carboxylic acids is 1. The highest BCUT2D eigenvalue weighted by atomic mass is 16.7. The fraction of sp³-hybridized carbons (Fsp3) is 0.292. The van der Waals surface area contributed by atoms with Crippen LogP contribution in [-0.4, -0.2) is 21.6 Å². The molecule has 0 fully saturated rings. The van der Waals surface area contributed by atoms with Crippen LogP contribution < -0.4 is 21.4 Å². The van der Waals surface area contributed by atoms with Crippen molar-refractivity contribution in [2.75, 3.05) is 21.4 Å². The van der Waals surface area contributed by atoms with Gasteiger partial charge in [0.15, 0.2) is 5.82 Å². The summed E-state index contributed by atoms with van der Waals surface area (Å²) in [6.45, 7) is 9.90. The van der Waals surface area contributed by atoms with Crippen molar-refractivity contribution in [1.29, 1.82) is 0 Å². The van der Waals surface area contributed by atoms with Crippen LogP contribution in [0.25, 0.3) is 0 Å². The number of aromatic nitrogens is 2. The Labute approximate surface area is 188 Å². The van der Waals surface area contributed by atoms with Crippen LogP contribution in [0.3, 0.4) is 0 Å². The summed E-state index contributed by atoms with van der Waals surface area (Å²) in [6, 6.07) is 17.2. The molecule has 0 unspecified atom stereocenters. The van der Waals surface area contributed by atoms with Crippen LogP contribution in [0.5, 0.6) is 0 Å². The number of amides is 1. The quantitative estimate of drug-likeness (QED) is 0.428. The first-order valence-electron chi connectivity index (χ1n) is 10.5. The van der Waals surface area contributed by atoms with Crippen LogP contribution in [0.2, 0.25) is 0 Å². The van der Waals surface area contributed by atoms with Gasteiger partial charge in [-0.05, 0) is 56.5 Å². The molecule has 3 rings (SSSR count). The number of para-hydroxylation sites is 1. The molecule has 0 aliphatic carbocycles. The maximum Gasteiger partial charge on any atom is 0.440 e. The average molecular weight is 435 g/mol. The van der Waals surface area contributed by atoms with E-state index in [0.29, 0.717) is 17.6 Å². The molecular formula is C24H30N6O2. The molecule has 0 spiro atoms. The molecule has 0 aliphatic rings. The lowest BCUT2D eigenvalue weighted by atomic mass is 10.0. The number of benzene rings is 2. The van der Waals surface area contributed by atoms with Gasteiger partial charge in [0.25, 0.3) is 0 Å². The molecule has 0 aliphatic heterocycles. The van der Waals surface area contributed by atoms with Gasteiger partial charge in [0.1, 0.15) is 0 Å². The molecule has 1 heterocycles. The lowest BCUT2D eigenvalue weighted by Gasteiger charge is -2.34. The third-order valence-corrected chi connectivity index (χ3v) is 4.72. The van der Waals surface area contributed by atoms with Gasteiger partial charge < -0.3 is 15.9 Å². The van der Waals surface area contributed by atoms with E-state index in [0.717, 1.165) is 5.69 Å². The monoisotopic (exact) mass is 434 g/mol. The number of hydrogen-bond donors (Lipinski definition) is 3. The zero-order valence-corrected chi connectivity index (χ0v) is 19.1. The summed E-state index contributed by atoms with van der Waals surface area (Å²) in [5, 5.41) is 3.17. The van der Waals surface area contributed by atoms with Crippen molar-refractivity contribution in [2.45, 2.75) is 46.1 Å². The highest BCUT2D eigenvalue weighted by Gasteiger charge is 2.33. The summed E-state index contributed by atoms with van der Waals surface area (Å²) < 4.78 is 0. The highest BCUT2D eigenvalue weighted by molar-refractivity contribution is 5.92. The molecule has 1 aromatic heterocycles. The maximum absolute atomic E-state index is 13.0. The predicted octanol–water partition coefficient (Wildman–Crippen LogP) is 5.69. The second-order valence-corrected chi connectivity index (χ2v) is 8.72. The molecule has 0 bridgehead atoms. The molecule has 32 heavy (non-hydrogen) atoms. The minimum atomic E-state index is -0.659. The van der Waals surface area contributed by atoms with Crippen molar-refractivity contribution >= 4 is 34.9 Å². The van der Waals surface area contributed by atoms with Crippen LogP contribution in [0.1, 0.15) is 46.1 Å². The third-order valence-electron chi connectivity index (χ3n) is 4.72. The zero-order chi connectivity index (χ0) is 23.3. The smallest absolute Gasteiger partial charge is 0.394 e. The third kappa shape index (κ3) is 5.66. The first kappa shape index (κ1) is 22.9. The second kappa shape index (κ2) is 9.55. The van der Waals surface area contributed by atoms with Crippen molar-refractivity contribution in [2.24, 2.45) is 0 Å². The number of hydrogen-bond acceptors (Lipinski definition) is 7. The number of nitrogens with one attached hydrogen (secondary N) is 2. The lowest BCUT2D eigenvalue weighted by Crippen LogP contribution is -2.47. The Bertz CT molecular complexity index is 1050. The van der Waals surface area contributed by atoms with Crippen LogP contribution in [0.15, 0.2) is 60.8 Å². The number of nitrogen functional groups attached to an aromatic ring is 1. The molecule has 0 radical (unpaired) electrons. The van der Waals surface area contributed by atoms with E-state index in [4.69, 9.17) is 10.6 Å². The van der Waals surface area contributed by atoms with E-state index in [-0.39, 0.29) is 11.5 Å². The fourth-order valence-corrected chi connectivity index (χ4v) is 3.03. The standard InChI is InChI=1S/C24H30N6O2/c1-16(2)17-11-13-18(14-12-17)27-22-26-15-20(25)21(28-22)30(24(3,4)5)23(31)32-29-19-9-7-6-8-10-19/h6-16,29H,25H2,1-5H3,(H,26,27,28). The topological polar surface area (TPSA) is 105 Å². The Kier molecular flexibility index (Phi) is 6.82. The van der Waals surface area contributed by atoms with Gasteiger partial charge in [0.05, 0.1) is 17.6 Å². The first-order valence-corrected chi connectivity index (χ1v) is 10.5. The minimum absolute atomic E-state index is 0.258. The molecule has 8 nitrogen and oxygen atoms in total. The summed E-state index contributed by atoms with van der Waals surface area (Å²) >= 11 is 0. The van der Waals surface area contributed by atoms with Gasteiger partial charge in [-0.3, -0.25) is 4.90 Å². The largest absolute Gasteiger partial charge is 0.440 e. The summed E-state index contributed by atoms with van der Waals surface area (Å²) in [5.41, 5.74) is 11.1. The molecule has 168 valence electrons. The average Bonchev–Trinajstić information content (AvgIpc) is 2.75. The zero-order valence-electron chi connectivity index (χ0n) is 19.1. The summed E-state index contributed by atoms with van der Waals surface area (Å²) in [5.74, 6) is 1.03. The number of rotatable bonds is 6. The Morgan fingerprint density at radius 1 is 1.03 bits per heavy atom. The Morgan fingerprint density at radius 3 is 2.28 bits per heavy atom. The molecule has 1 amide bonds. The van der Waals surface area contributed by atoms with Crippen molar-refractivity contribution < 1.29 is 9.63 Å². The minimum Gasteiger partial charge on any atom is -0.394 e. The molecule has 2 aromatic carbocycles. The number of nitrogens with two attached hydrogens (primary N) is 1. The number of nitrogens with zero attached hydrogens (tertiary/aromatic N) is 3. The lowest BCUT2D eigenvalue weighted by molar-refractivity contribution is 0.171. The van der Waals surface area contributed by atoms with E-state index < -0.39 is 11.6 Å².